The molecule has 0 saturated carbocycles. The minimum Gasteiger partial charge on any atom is -0.392 e. The second-order valence-corrected chi connectivity index (χ2v) is 6.23. The molecule has 1 aromatic carbocycles. The number of aliphatic hydroxyl groups is 1. The first kappa shape index (κ1) is 15.5. The van der Waals surface area contributed by atoms with Crippen molar-refractivity contribution in [2.45, 2.75) is 51.6 Å². The normalized spacial score (nSPS) is 19.1. The van der Waals surface area contributed by atoms with Crippen molar-refractivity contribution in [3.8, 4) is 0 Å². The summed E-state index contributed by atoms with van der Waals surface area (Å²) in [4.78, 5) is 2.45. The Morgan fingerprint density at radius 1 is 1.20 bits per heavy atom. The van der Waals surface area contributed by atoms with Crippen LogP contribution in [0, 0.1) is 5.92 Å². The summed E-state index contributed by atoms with van der Waals surface area (Å²) in [5, 5.41) is 9.99. The molecule has 1 aliphatic heterocycles. The summed E-state index contributed by atoms with van der Waals surface area (Å²) >= 11 is 0. The molecule has 0 radical (unpaired) electrons. The van der Waals surface area contributed by atoms with Gasteiger partial charge in [0.1, 0.15) is 0 Å². The summed E-state index contributed by atoms with van der Waals surface area (Å²) in [6.45, 7) is 5.36. The summed E-state index contributed by atoms with van der Waals surface area (Å²) in [7, 11) is 0. The molecule has 20 heavy (non-hydrogen) atoms. The van der Waals surface area contributed by atoms with Crippen LogP contribution < -0.4 is 0 Å². The maximum Gasteiger partial charge on any atom is 0.0667 e. The van der Waals surface area contributed by atoms with Gasteiger partial charge in [0.05, 0.1) is 6.10 Å². The van der Waals surface area contributed by atoms with Crippen molar-refractivity contribution in [3.63, 3.8) is 0 Å². The number of hydrogen-bond acceptors (Lipinski definition) is 2. The van der Waals surface area contributed by atoms with E-state index in [9.17, 15) is 5.11 Å². The Balaban J connectivity index is 1.67. The number of piperidine rings is 1. The van der Waals surface area contributed by atoms with E-state index < -0.39 is 0 Å². The molecule has 1 unspecified atom stereocenters. The van der Waals surface area contributed by atoms with Crippen molar-refractivity contribution in [1.29, 1.82) is 0 Å². The van der Waals surface area contributed by atoms with Crippen molar-refractivity contribution in [2.75, 3.05) is 19.6 Å². The predicted molar refractivity (Wildman–Crippen MR) is 84.8 cm³/mol. The molecular formula is C18H29NO. The van der Waals surface area contributed by atoms with Gasteiger partial charge >= 0.3 is 0 Å². The highest BCUT2D eigenvalue weighted by Gasteiger charge is 2.20. The molecule has 2 heteroatoms. The first-order valence-electron chi connectivity index (χ1n) is 8.22. The van der Waals surface area contributed by atoms with Crippen LogP contribution in [0.15, 0.2) is 30.3 Å². The quantitative estimate of drug-likeness (QED) is 0.823. The summed E-state index contributed by atoms with van der Waals surface area (Å²) in [6.07, 6.45) is 6.92. The van der Waals surface area contributed by atoms with Gasteiger partial charge in [-0.25, -0.2) is 0 Å². The Morgan fingerprint density at radius 2 is 1.90 bits per heavy atom. The lowest BCUT2D eigenvalue weighted by atomic mass is 9.90. The Hall–Kier alpha value is -0.860. The van der Waals surface area contributed by atoms with Crippen LogP contribution in [0.2, 0.25) is 0 Å². The highest BCUT2D eigenvalue weighted by Crippen LogP contribution is 2.22. The van der Waals surface area contributed by atoms with E-state index >= 15 is 0 Å². The fraction of sp³-hybridized carbons (Fsp3) is 0.667. The molecule has 0 aromatic heterocycles. The van der Waals surface area contributed by atoms with E-state index in [1.807, 2.05) is 0 Å². The van der Waals surface area contributed by atoms with Crippen LogP contribution in [0.25, 0.3) is 0 Å². The zero-order valence-electron chi connectivity index (χ0n) is 12.8. The van der Waals surface area contributed by atoms with Gasteiger partial charge in [-0.05, 0) is 50.3 Å². The summed E-state index contributed by atoms with van der Waals surface area (Å²) in [5.74, 6) is 0.821. The number of β-amino-alcohol motifs (C(OH)–C–C–N with tert-alkyl or cyclic N) is 1. The number of benzene rings is 1. The van der Waals surface area contributed by atoms with Crippen LogP contribution in [0.1, 0.15) is 44.6 Å². The SMILES string of the molecule is CCCCC(O)CN1CCC(Cc2ccccc2)CC1. The topological polar surface area (TPSA) is 23.5 Å². The molecule has 1 aliphatic rings. The van der Waals surface area contributed by atoms with Gasteiger partial charge in [-0.2, -0.15) is 0 Å². The molecule has 2 nitrogen and oxygen atoms in total. The fourth-order valence-corrected chi connectivity index (χ4v) is 3.15. The predicted octanol–water partition coefficient (Wildman–Crippen LogP) is 3.49. The minimum atomic E-state index is -0.124. The average molecular weight is 275 g/mol. The Labute approximate surface area is 123 Å². The van der Waals surface area contributed by atoms with Crippen molar-refractivity contribution < 1.29 is 5.11 Å². The summed E-state index contributed by atoms with van der Waals surface area (Å²) in [6, 6.07) is 10.8. The van der Waals surface area contributed by atoms with Gasteiger partial charge in [-0.1, -0.05) is 50.1 Å². The van der Waals surface area contributed by atoms with Crippen LogP contribution in [0.5, 0.6) is 0 Å². The van der Waals surface area contributed by atoms with Crippen molar-refractivity contribution in [2.24, 2.45) is 5.92 Å². The van der Waals surface area contributed by atoms with Crippen LogP contribution in [0.4, 0.5) is 0 Å². The van der Waals surface area contributed by atoms with Gasteiger partial charge in [0, 0.05) is 6.54 Å². The molecule has 1 aromatic rings. The minimum absolute atomic E-state index is 0.124. The van der Waals surface area contributed by atoms with E-state index in [0.29, 0.717) is 0 Å². The molecule has 1 atom stereocenters. The molecule has 1 N–H and O–H groups in total. The average Bonchev–Trinajstić information content (AvgIpc) is 2.48. The van der Waals surface area contributed by atoms with Crippen LogP contribution in [-0.4, -0.2) is 35.7 Å². The third kappa shape index (κ3) is 5.26. The third-order valence-corrected chi connectivity index (χ3v) is 4.43. The lowest BCUT2D eigenvalue weighted by molar-refractivity contribution is 0.0824. The van der Waals surface area contributed by atoms with Crippen LogP contribution >= 0.6 is 0 Å². The van der Waals surface area contributed by atoms with Gasteiger partial charge < -0.3 is 10.0 Å². The molecule has 0 spiro atoms. The number of hydrogen-bond donors (Lipinski definition) is 1. The summed E-state index contributed by atoms with van der Waals surface area (Å²) < 4.78 is 0. The van der Waals surface area contributed by atoms with Gasteiger partial charge in [-0.3, -0.25) is 0 Å². The van der Waals surface area contributed by atoms with Gasteiger partial charge in [0.2, 0.25) is 0 Å². The summed E-state index contributed by atoms with van der Waals surface area (Å²) in [5.41, 5.74) is 1.47. The number of rotatable bonds is 7. The standard InChI is InChI=1S/C18H29NO/c1-2-3-9-18(20)15-19-12-10-17(11-13-19)14-16-7-5-4-6-8-16/h4-8,17-18,20H,2-3,9-15H2,1H3. The molecular weight excluding hydrogens is 246 g/mol. The zero-order valence-corrected chi connectivity index (χ0v) is 12.8. The molecule has 0 amide bonds. The van der Waals surface area contributed by atoms with E-state index in [-0.39, 0.29) is 6.10 Å². The number of nitrogens with zero attached hydrogens (tertiary/aromatic N) is 1. The Kier molecular flexibility index (Phi) is 6.55. The molecule has 1 heterocycles. The lowest BCUT2D eigenvalue weighted by Crippen LogP contribution is -2.39. The first-order chi connectivity index (χ1) is 9.78. The van der Waals surface area contributed by atoms with Gasteiger partial charge in [0.25, 0.3) is 0 Å². The molecule has 112 valence electrons. The van der Waals surface area contributed by atoms with E-state index in [1.165, 1.54) is 31.2 Å². The van der Waals surface area contributed by atoms with Crippen molar-refractivity contribution in [3.05, 3.63) is 35.9 Å². The lowest BCUT2D eigenvalue weighted by Gasteiger charge is -2.33. The largest absolute Gasteiger partial charge is 0.392 e. The van der Waals surface area contributed by atoms with Crippen LogP contribution in [-0.2, 0) is 6.42 Å². The Morgan fingerprint density at radius 3 is 2.55 bits per heavy atom. The molecule has 0 aliphatic carbocycles. The second kappa shape index (κ2) is 8.43. The van der Waals surface area contributed by atoms with Gasteiger partial charge in [0.15, 0.2) is 0 Å². The monoisotopic (exact) mass is 275 g/mol. The maximum atomic E-state index is 9.99. The zero-order chi connectivity index (χ0) is 14.2. The Bertz CT molecular complexity index is 357. The van der Waals surface area contributed by atoms with E-state index in [0.717, 1.165) is 38.4 Å². The highest BCUT2D eigenvalue weighted by molar-refractivity contribution is 5.15. The fourth-order valence-electron chi connectivity index (χ4n) is 3.15. The molecule has 1 fully saturated rings. The van der Waals surface area contributed by atoms with E-state index in [1.54, 1.807) is 0 Å². The molecule has 0 bridgehead atoms. The highest BCUT2D eigenvalue weighted by atomic mass is 16.3. The molecule has 2 rings (SSSR count). The van der Waals surface area contributed by atoms with E-state index in [2.05, 4.69) is 42.2 Å². The third-order valence-electron chi connectivity index (χ3n) is 4.43. The first-order valence-corrected chi connectivity index (χ1v) is 8.22. The maximum absolute atomic E-state index is 9.99. The number of unbranched alkanes of at least 4 members (excludes halogenated alkanes) is 1. The molecule has 1 saturated heterocycles. The van der Waals surface area contributed by atoms with Gasteiger partial charge in [-0.15, -0.1) is 0 Å². The number of aliphatic hydroxyl groups excluding tert-OH is 1. The van der Waals surface area contributed by atoms with Crippen molar-refractivity contribution >= 4 is 0 Å². The van der Waals surface area contributed by atoms with Crippen molar-refractivity contribution in [1.82, 2.24) is 4.90 Å². The smallest absolute Gasteiger partial charge is 0.0667 e. The van der Waals surface area contributed by atoms with Crippen LogP contribution in [0.3, 0.4) is 0 Å². The number of likely N-dealkylation sites (tertiary alicyclic amines) is 1. The second-order valence-electron chi connectivity index (χ2n) is 6.23. The van der Waals surface area contributed by atoms with E-state index in [4.69, 9.17) is 0 Å².